The van der Waals surface area contributed by atoms with Gasteiger partial charge < -0.3 is 10.1 Å². The highest BCUT2D eigenvalue weighted by molar-refractivity contribution is 9.10. The van der Waals surface area contributed by atoms with Gasteiger partial charge in [-0.3, -0.25) is 9.59 Å². The molecule has 3 atom stereocenters. The lowest BCUT2D eigenvalue weighted by Gasteiger charge is -2.20. The molecule has 0 unspecified atom stereocenters. The molecule has 4 nitrogen and oxygen atoms in total. The molecule has 1 aromatic rings. The van der Waals surface area contributed by atoms with Gasteiger partial charge in [0.2, 0.25) is 0 Å². The van der Waals surface area contributed by atoms with Crippen LogP contribution in [-0.4, -0.2) is 18.5 Å². The Bertz CT molecular complexity index is 622. The Hall–Kier alpha value is -1.43. The molecule has 2 saturated carbocycles. The van der Waals surface area contributed by atoms with E-state index in [9.17, 15) is 14.0 Å². The van der Waals surface area contributed by atoms with Crippen LogP contribution in [0.15, 0.2) is 22.7 Å². The van der Waals surface area contributed by atoms with Gasteiger partial charge in [-0.05, 0) is 55.2 Å². The number of nitrogens with one attached hydrogen (secondary N) is 1. The minimum atomic E-state index is -0.541. The largest absolute Gasteiger partial charge is 0.456 e. The molecule has 2 bridgehead atoms. The molecule has 0 radical (unpaired) electrons. The smallest absolute Gasteiger partial charge is 0.306 e. The maximum absolute atomic E-state index is 13.6. The first-order valence-electron chi connectivity index (χ1n) is 7.92. The van der Waals surface area contributed by atoms with Crippen molar-refractivity contribution in [1.82, 2.24) is 0 Å². The second-order valence-corrected chi connectivity index (χ2v) is 7.39. The summed E-state index contributed by atoms with van der Waals surface area (Å²) in [6, 6.07) is 4.34. The van der Waals surface area contributed by atoms with Gasteiger partial charge in [-0.2, -0.15) is 0 Å². The van der Waals surface area contributed by atoms with Crippen molar-refractivity contribution in [3.8, 4) is 0 Å². The maximum Gasteiger partial charge on any atom is 0.306 e. The average Bonchev–Trinajstić information content (AvgIpc) is 3.11. The molecular formula is C17H19BrFNO3. The lowest BCUT2D eigenvalue weighted by atomic mass is 9.86. The van der Waals surface area contributed by atoms with Crippen LogP contribution in [0.25, 0.3) is 0 Å². The summed E-state index contributed by atoms with van der Waals surface area (Å²) in [5, 5.41) is 2.40. The Morgan fingerprint density at radius 3 is 2.78 bits per heavy atom. The topological polar surface area (TPSA) is 55.4 Å². The third kappa shape index (κ3) is 4.10. The van der Waals surface area contributed by atoms with Crippen LogP contribution in [0.4, 0.5) is 10.1 Å². The fraction of sp³-hybridized carbons (Fsp3) is 0.529. The summed E-state index contributed by atoms with van der Waals surface area (Å²) in [6.07, 6.45) is 5.24. The van der Waals surface area contributed by atoms with E-state index in [1.54, 1.807) is 6.07 Å². The molecule has 2 aliphatic carbocycles. The van der Waals surface area contributed by atoms with Gasteiger partial charge in [0.1, 0.15) is 5.82 Å². The van der Waals surface area contributed by atoms with E-state index in [1.165, 1.54) is 31.4 Å². The minimum Gasteiger partial charge on any atom is -0.456 e. The van der Waals surface area contributed by atoms with Gasteiger partial charge in [-0.1, -0.05) is 22.4 Å². The van der Waals surface area contributed by atoms with E-state index in [1.807, 2.05) is 0 Å². The highest BCUT2D eigenvalue weighted by atomic mass is 79.9. The first-order chi connectivity index (χ1) is 11.0. The van der Waals surface area contributed by atoms with Gasteiger partial charge in [-0.25, -0.2) is 4.39 Å². The van der Waals surface area contributed by atoms with E-state index in [0.717, 1.165) is 12.3 Å². The van der Waals surface area contributed by atoms with Gasteiger partial charge >= 0.3 is 5.97 Å². The molecule has 6 heteroatoms. The van der Waals surface area contributed by atoms with Gasteiger partial charge in [0, 0.05) is 10.9 Å². The fourth-order valence-corrected chi connectivity index (χ4v) is 4.16. The number of hydrogen-bond acceptors (Lipinski definition) is 3. The van der Waals surface area contributed by atoms with Gasteiger partial charge in [0.25, 0.3) is 5.91 Å². The van der Waals surface area contributed by atoms with E-state index < -0.39 is 11.7 Å². The predicted octanol–water partition coefficient (Wildman–Crippen LogP) is 3.90. The molecule has 2 fully saturated rings. The van der Waals surface area contributed by atoms with E-state index in [-0.39, 0.29) is 18.3 Å². The second-order valence-electron chi connectivity index (χ2n) is 6.47. The Kier molecular flexibility index (Phi) is 4.99. The number of esters is 1. The molecule has 1 amide bonds. The van der Waals surface area contributed by atoms with Crippen LogP contribution >= 0.6 is 15.9 Å². The second kappa shape index (κ2) is 6.99. The van der Waals surface area contributed by atoms with Crippen molar-refractivity contribution in [3.05, 3.63) is 28.5 Å². The van der Waals surface area contributed by atoms with Crippen LogP contribution in [-0.2, 0) is 14.3 Å². The van der Waals surface area contributed by atoms with Crippen molar-refractivity contribution >= 4 is 33.5 Å². The zero-order valence-electron chi connectivity index (χ0n) is 12.7. The van der Waals surface area contributed by atoms with Crippen LogP contribution in [0, 0.1) is 23.6 Å². The lowest BCUT2D eigenvalue weighted by Crippen LogP contribution is -2.23. The molecule has 3 rings (SSSR count). The van der Waals surface area contributed by atoms with Crippen molar-refractivity contribution in [2.45, 2.75) is 32.1 Å². The number of benzene rings is 1. The number of ether oxygens (including phenoxy) is 1. The standard InChI is InChI=1S/C17H19BrFNO3/c18-13-3-4-15(14(19)8-13)20-16(21)9-23-17(22)7-12-6-10-1-2-11(12)5-10/h3-4,8,10-12H,1-2,5-7,9H2,(H,20,21)/t10-,11+,12-/m0/s1. The van der Waals surface area contributed by atoms with E-state index in [0.29, 0.717) is 22.7 Å². The Morgan fingerprint density at radius 1 is 1.30 bits per heavy atom. The summed E-state index contributed by atoms with van der Waals surface area (Å²) in [5.41, 5.74) is 0.0716. The summed E-state index contributed by atoms with van der Waals surface area (Å²) in [6.45, 7) is -0.380. The first-order valence-corrected chi connectivity index (χ1v) is 8.71. The molecule has 0 spiro atoms. The van der Waals surface area contributed by atoms with Gasteiger partial charge in [0.05, 0.1) is 5.69 Å². The van der Waals surface area contributed by atoms with Crippen molar-refractivity contribution in [2.24, 2.45) is 17.8 Å². The van der Waals surface area contributed by atoms with Crippen molar-refractivity contribution in [3.63, 3.8) is 0 Å². The third-order valence-electron chi connectivity index (χ3n) is 4.88. The predicted molar refractivity (Wildman–Crippen MR) is 87.2 cm³/mol. The number of amides is 1. The number of rotatable bonds is 5. The molecule has 23 heavy (non-hydrogen) atoms. The van der Waals surface area contributed by atoms with E-state index in [2.05, 4.69) is 21.2 Å². The molecule has 0 saturated heterocycles. The Morgan fingerprint density at radius 2 is 2.13 bits per heavy atom. The van der Waals surface area contributed by atoms with Gasteiger partial charge in [0.15, 0.2) is 6.61 Å². The number of halogens is 2. The summed E-state index contributed by atoms with van der Waals surface area (Å²) >= 11 is 3.15. The maximum atomic E-state index is 13.6. The number of anilines is 1. The quantitative estimate of drug-likeness (QED) is 0.784. The number of hydrogen-bond donors (Lipinski definition) is 1. The summed E-state index contributed by atoms with van der Waals surface area (Å²) in [4.78, 5) is 23.6. The Balaban J connectivity index is 1.42. The average molecular weight is 384 g/mol. The highest BCUT2D eigenvalue weighted by Gasteiger charge is 2.40. The zero-order chi connectivity index (χ0) is 16.4. The molecule has 1 N–H and O–H groups in total. The van der Waals surface area contributed by atoms with Crippen LogP contribution in [0.3, 0.4) is 0 Å². The summed E-state index contributed by atoms with van der Waals surface area (Å²) < 4.78 is 19.2. The zero-order valence-corrected chi connectivity index (χ0v) is 14.3. The van der Waals surface area contributed by atoms with Gasteiger partial charge in [-0.15, -0.1) is 0 Å². The fourth-order valence-electron chi connectivity index (χ4n) is 3.82. The SMILES string of the molecule is O=C(COC(=O)C[C@@H]1C[C@H]2CC[C@@H]1C2)Nc1ccc(Br)cc1F. The highest BCUT2D eigenvalue weighted by Crippen LogP contribution is 2.49. The lowest BCUT2D eigenvalue weighted by molar-refractivity contribution is -0.148. The number of fused-ring (bicyclic) bond motifs is 2. The van der Waals surface area contributed by atoms with Crippen LogP contribution < -0.4 is 5.32 Å². The van der Waals surface area contributed by atoms with E-state index in [4.69, 9.17) is 4.74 Å². The summed E-state index contributed by atoms with van der Waals surface area (Å²) in [5.74, 6) is 0.426. The molecule has 0 aromatic heterocycles. The number of carbonyl (C=O) groups excluding carboxylic acids is 2. The van der Waals surface area contributed by atoms with Crippen molar-refractivity contribution < 1.29 is 18.7 Å². The first kappa shape index (κ1) is 16.4. The van der Waals surface area contributed by atoms with Crippen LogP contribution in [0.5, 0.6) is 0 Å². The molecule has 1 aromatic carbocycles. The Labute approximate surface area is 142 Å². The molecular weight excluding hydrogens is 365 g/mol. The monoisotopic (exact) mass is 383 g/mol. The molecule has 0 heterocycles. The molecule has 124 valence electrons. The van der Waals surface area contributed by atoms with E-state index >= 15 is 0 Å². The minimum absolute atomic E-state index is 0.0716. The third-order valence-corrected chi connectivity index (χ3v) is 5.38. The summed E-state index contributed by atoms with van der Waals surface area (Å²) in [7, 11) is 0. The normalized spacial score (nSPS) is 25.4. The molecule has 2 aliphatic rings. The van der Waals surface area contributed by atoms with Crippen LogP contribution in [0.2, 0.25) is 0 Å². The van der Waals surface area contributed by atoms with Crippen molar-refractivity contribution in [1.29, 1.82) is 0 Å². The number of carbonyl (C=O) groups is 2. The van der Waals surface area contributed by atoms with Crippen LogP contribution in [0.1, 0.15) is 32.1 Å². The van der Waals surface area contributed by atoms with Crippen molar-refractivity contribution in [2.75, 3.05) is 11.9 Å². The molecule has 0 aliphatic heterocycles.